The van der Waals surface area contributed by atoms with E-state index >= 15 is 4.79 Å². The van der Waals surface area contributed by atoms with Crippen LogP contribution in [0.25, 0.3) is 0 Å². The van der Waals surface area contributed by atoms with E-state index < -0.39 is 213 Å². The van der Waals surface area contributed by atoms with E-state index in [0.29, 0.717) is 109 Å². The molecular weight excluding hydrogens is 1590 g/mol. The summed E-state index contributed by atoms with van der Waals surface area (Å²) in [5.41, 5.74) is -20.8. The third-order valence-electron chi connectivity index (χ3n) is 14.9. The Morgan fingerprint density at radius 3 is 0.406 bits per heavy atom. The molecule has 0 spiro atoms. The van der Waals surface area contributed by atoms with Crippen LogP contribution >= 0.6 is 16.8 Å². The number of hydrogen-bond donors (Lipinski definition) is 0. The predicted molar refractivity (Wildman–Crippen MR) is 339 cm³/mol. The molecular formula is C55H41O28P3RhS9-10. The fourth-order valence-corrected chi connectivity index (χ4v) is 119. The van der Waals surface area contributed by atoms with E-state index in [1.807, 2.05) is 0 Å². The molecule has 41 heteroatoms. The van der Waals surface area contributed by atoms with E-state index in [-0.39, 0.29) is 6.31 Å². The van der Waals surface area contributed by atoms with Crippen LogP contribution in [0.3, 0.4) is 0 Å². The van der Waals surface area contributed by atoms with Gasteiger partial charge in [-0.25, -0.2) is 0 Å². The van der Waals surface area contributed by atoms with Crippen LogP contribution in [0.5, 0.6) is 0 Å². The molecule has 0 aliphatic carbocycles. The van der Waals surface area contributed by atoms with Crippen molar-refractivity contribution >= 4 is 160 Å². The zero-order chi connectivity index (χ0) is 71.1. The summed E-state index contributed by atoms with van der Waals surface area (Å²) in [7, 11) is -54.5. The molecule has 0 saturated heterocycles. The van der Waals surface area contributed by atoms with E-state index in [9.17, 15) is 117 Å². The fourth-order valence-electron chi connectivity index (χ4n) is 11.3. The Kier molecular flexibility index (Phi) is 19.9. The molecule has 0 aliphatic rings. The summed E-state index contributed by atoms with van der Waals surface area (Å²) >= 11 is -7.96. The molecule has 9 rings (SSSR count). The van der Waals surface area contributed by atoms with Crippen molar-refractivity contribution in [2.75, 3.05) is 0 Å². The van der Waals surface area contributed by atoms with Crippen LogP contribution in [0.1, 0.15) is 1.43 Å². The Bertz CT molecular complexity index is 4730. The average molecular weight is 1630 g/mol. The molecule has 0 atom stereocenters. The zero-order valence-corrected chi connectivity index (χ0v) is 59.3. The van der Waals surface area contributed by atoms with E-state index in [2.05, 4.69) is 0 Å². The minimum absolute atomic E-state index is 0. The summed E-state index contributed by atoms with van der Waals surface area (Å²) < 4.78 is 374. The first-order chi connectivity index (χ1) is 44.2. The molecule has 517 valence electrons. The second kappa shape index (κ2) is 25.8. The first-order valence-electron chi connectivity index (χ1n) is 25.9. The molecule has 9 aromatic rings. The van der Waals surface area contributed by atoms with Crippen LogP contribution in [0.15, 0.2) is 262 Å². The molecule has 0 N–H and O–H groups in total. The van der Waals surface area contributed by atoms with Crippen LogP contribution in [0.4, 0.5) is 0 Å². The van der Waals surface area contributed by atoms with Gasteiger partial charge >= 0.3 is 558 Å². The van der Waals surface area contributed by atoms with Gasteiger partial charge in [0, 0.05) is 0 Å². The van der Waals surface area contributed by atoms with Crippen molar-refractivity contribution in [3.05, 3.63) is 218 Å². The average Bonchev–Trinajstić information content (AvgIpc) is 0.640. The van der Waals surface area contributed by atoms with Gasteiger partial charge in [-0.1, -0.05) is 0 Å². The first kappa shape index (κ1) is 74.0. The van der Waals surface area contributed by atoms with Gasteiger partial charge in [0.05, 0.1) is 0 Å². The SMILES string of the molecule is O=[CH][Rh]([PH](c1cccc(S(=O)(=O)[O-])c1)(c1cccc(S(=O)(=O)[O-])c1)c1cccc(S(=O)(=O)[O-])c1)([PH](c1cccc(S(=O)(=O)[O-])c1)(c1cccc(S(=O)(=O)[O-])c1)c1cccc(S(=O)(=O)[O-])c1)[PH](c1cccc(S(=O)(=O)[O-])c1)(c1cccc(S(=O)(=O)[O-])c1)c1cccc(S(=O)(=O)[O-])c1.[H-]. The summed E-state index contributed by atoms with van der Waals surface area (Å²) in [5, 5.41) is -8.47. The second-order valence-corrected chi connectivity index (χ2v) is 71.0. The zero-order valence-electron chi connectivity index (χ0n) is 48.3. The van der Waals surface area contributed by atoms with Crippen molar-refractivity contribution in [3.8, 4) is 0 Å². The maximum absolute atomic E-state index is 18.0. The Morgan fingerprint density at radius 1 is 0.219 bits per heavy atom. The normalized spacial score (nSPS) is 15.0. The van der Waals surface area contributed by atoms with Gasteiger partial charge in [-0.15, -0.1) is 0 Å². The number of benzene rings is 9. The van der Waals surface area contributed by atoms with Crippen molar-refractivity contribution in [1.29, 1.82) is 0 Å². The molecule has 0 heterocycles. The number of hydrogen-bond acceptors (Lipinski definition) is 28. The van der Waals surface area contributed by atoms with Gasteiger partial charge in [0.15, 0.2) is 0 Å². The molecule has 0 unspecified atom stereocenters. The summed E-state index contributed by atoms with van der Waals surface area (Å²) in [4.78, 5) is 5.33. The maximum Gasteiger partial charge on any atom is -1.00 e. The number of rotatable bonds is 22. The van der Waals surface area contributed by atoms with Crippen LogP contribution in [0.2, 0.25) is 0 Å². The topological polar surface area (TPSA) is 532 Å². The van der Waals surface area contributed by atoms with E-state index in [0.717, 1.165) is 109 Å². The van der Waals surface area contributed by atoms with Gasteiger partial charge in [-0.3, -0.25) is 0 Å². The predicted octanol–water partition coefficient (Wildman–Crippen LogP) is -0.496. The smallest absolute Gasteiger partial charge is 1.00 e. The van der Waals surface area contributed by atoms with Crippen molar-refractivity contribution in [3.63, 3.8) is 0 Å². The molecule has 96 heavy (non-hydrogen) atoms. The van der Waals surface area contributed by atoms with E-state index in [4.69, 9.17) is 0 Å². The third-order valence-corrected chi connectivity index (χ3v) is 93.3. The summed E-state index contributed by atoms with van der Waals surface area (Å²) in [6.07, 6.45) is 0. The maximum atomic E-state index is 18.0. The van der Waals surface area contributed by atoms with E-state index in [1.165, 1.54) is 0 Å². The molecule has 0 radical (unpaired) electrons. The van der Waals surface area contributed by atoms with Gasteiger partial charge in [-0.05, 0) is 0 Å². The fraction of sp³-hybridized carbons (Fsp3) is 0. The van der Waals surface area contributed by atoms with Gasteiger partial charge in [0.1, 0.15) is 0 Å². The minimum atomic E-state index is -7.96. The molecule has 0 aromatic heterocycles. The monoisotopic (exact) mass is 1630 g/mol. The van der Waals surface area contributed by atoms with Gasteiger partial charge in [-0.2, -0.15) is 0 Å². The second-order valence-electron chi connectivity index (χ2n) is 20.3. The standard InChI is InChI=1S/3C18H15O9PS3.CHO.Rh.H/c3*19-29(20,21)16-7-1-4-13(10-16)28(14-5-2-8-17(11-14)30(22,23)24)15-6-3-9-18(12-15)31(25,26)27;1-2;;/h3*1-12H,(H,19,20,21)(H,22,23,24)(H,25,26,27);1H;;/q;;;;-3;-1/p-6. The van der Waals surface area contributed by atoms with Crippen LogP contribution in [0, 0.1) is 0 Å². The molecule has 28 nitrogen and oxygen atoms in total. The minimum Gasteiger partial charge on any atom is -1.00 e. The van der Waals surface area contributed by atoms with Crippen LogP contribution in [-0.4, -0.2) is 122 Å². The van der Waals surface area contributed by atoms with Crippen molar-refractivity contribution in [2.45, 2.75) is 44.1 Å². The largest absolute Gasteiger partial charge is 1.00 e. The Balaban J connectivity index is 0.0000120. The summed E-state index contributed by atoms with van der Waals surface area (Å²) in [6, 6.07) is 23.5. The van der Waals surface area contributed by atoms with Crippen LogP contribution < -0.4 is 47.7 Å². The Morgan fingerprint density at radius 2 is 0.323 bits per heavy atom. The molecule has 0 saturated carbocycles. The third kappa shape index (κ3) is 13.4. The molecule has 0 fully saturated rings. The quantitative estimate of drug-likeness (QED) is 0.0357. The van der Waals surface area contributed by atoms with Crippen molar-refractivity contribution in [1.82, 2.24) is 0 Å². The summed E-state index contributed by atoms with van der Waals surface area (Å²) in [6.45, 7) is 0. The van der Waals surface area contributed by atoms with Gasteiger partial charge < -0.3 is 1.43 Å². The Labute approximate surface area is 554 Å². The molecule has 9 aromatic carbocycles. The van der Waals surface area contributed by atoms with Gasteiger partial charge in [0.25, 0.3) is 0 Å². The Hall–Kier alpha value is -6.25. The number of carbonyl (C=O) groups excluding carboxylic acids is 1. The summed E-state index contributed by atoms with van der Waals surface area (Å²) in [5.74, 6) is 0. The molecule has 0 bridgehead atoms. The first-order valence-corrected chi connectivity index (χ1v) is 52.4. The van der Waals surface area contributed by atoms with E-state index in [1.54, 1.807) is 0 Å². The van der Waals surface area contributed by atoms with Crippen LogP contribution in [-0.2, 0) is 109 Å². The molecule has 0 aliphatic heterocycles. The van der Waals surface area contributed by atoms with Crippen molar-refractivity contribution < 1.29 is 136 Å². The number of carbonyl (C=O) groups is 1. The molecule has 0 amide bonds. The van der Waals surface area contributed by atoms with Crippen molar-refractivity contribution in [2.24, 2.45) is 0 Å². The van der Waals surface area contributed by atoms with Gasteiger partial charge in [0.2, 0.25) is 0 Å².